The minimum atomic E-state index is 0.314. The number of guanidine groups is 1. The van der Waals surface area contributed by atoms with Crippen molar-refractivity contribution in [3.8, 4) is 5.75 Å². The lowest BCUT2D eigenvalue weighted by Gasteiger charge is -2.09. The third-order valence-electron chi connectivity index (χ3n) is 3.71. The van der Waals surface area contributed by atoms with Crippen molar-refractivity contribution in [3.05, 3.63) is 59.9 Å². The number of hydrogen-bond acceptors (Lipinski definition) is 3. The van der Waals surface area contributed by atoms with E-state index in [-0.39, 0.29) is 0 Å². The van der Waals surface area contributed by atoms with Gasteiger partial charge in [-0.05, 0) is 25.1 Å². The summed E-state index contributed by atoms with van der Waals surface area (Å²) in [5, 5.41) is 4.15. The van der Waals surface area contributed by atoms with E-state index in [9.17, 15) is 0 Å². The first-order valence-corrected chi connectivity index (χ1v) is 7.36. The molecule has 23 heavy (non-hydrogen) atoms. The van der Waals surface area contributed by atoms with Crippen LogP contribution < -0.4 is 15.8 Å². The van der Waals surface area contributed by atoms with E-state index in [1.54, 1.807) is 7.11 Å². The second-order valence-electron chi connectivity index (χ2n) is 5.17. The van der Waals surface area contributed by atoms with Crippen LogP contribution in [0.3, 0.4) is 0 Å². The van der Waals surface area contributed by atoms with Crippen molar-refractivity contribution in [1.29, 1.82) is 0 Å². The molecular formula is C18H19N3O2. The fourth-order valence-corrected chi connectivity index (χ4v) is 2.46. The number of nitrogens with zero attached hydrogens (tertiary/aromatic N) is 1. The van der Waals surface area contributed by atoms with E-state index in [0.29, 0.717) is 18.3 Å². The third-order valence-corrected chi connectivity index (χ3v) is 3.71. The lowest BCUT2D eigenvalue weighted by molar-refractivity contribution is 0.417. The number of methoxy groups -OCH3 is 1. The molecule has 0 bridgehead atoms. The number of nitrogens with two attached hydrogens (primary N) is 1. The summed E-state index contributed by atoms with van der Waals surface area (Å²) in [7, 11) is 1.62. The van der Waals surface area contributed by atoms with E-state index < -0.39 is 0 Å². The van der Waals surface area contributed by atoms with Gasteiger partial charge >= 0.3 is 0 Å². The van der Waals surface area contributed by atoms with Gasteiger partial charge in [0.15, 0.2) is 5.96 Å². The normalized spacial score (nSPS) is 11.7. The second kappa shape index (κ2) is 6.44. The Morgan fingerprint density at radius 3 is 2.70 bits per heavy atom. The summed E-state index contributed by atoms with van der Waals surface area (Å²) in [5.41, 5.74) is 8.70. The summed E-state index contributed by atoms with van der Waals surface area (Å²) in [6, 6.07) is 15.5. The van der Waals surface area contributed by atoms with Crippen molar-refractivity contribution in [1.82, 2.24) is 0 Å². The second-order valence-corrected chi connectivity index (χ2v) is 5.17. The van der Waals surface area contributed by atoms with Crippen molar-refractivity contribution in [2.45, 2.75) is 13.5 Å². The number of ether oxygens (including phenoxy) is 1. The molecule has 1 aromatic heterocycles. The monoisotopic (exact) mass is 309 g/mol. The minimum Gasteiger partial charge on any atom is -0.495 e. The van der Waals surface area contributed by atoms with Crippen molar-refractivity contribution >= 4 is 22.6 Å². The molecule has 0 radical (unpaired) electrons. The summed E-state index contributed by atoms with van der Waals surface area (Å²) in [4.78, 5) is 4.36. The molecule has 0 amide bonds. The first kappa shape index (κ1) is 15.0. The van der Waals surface area contributed by atoms with E-state index in [2.05, 4.69) is 10.3 Å². The predicted octanol–water partition coefficient (Wildman–Crippen LogP) is 3.68. The van der Waals surface area contributed by atoms with Crippen LogP contribution in [0.25, 0.3) is 11.0 Å². The van der Waals surface area contributed by atoms with Crippen LogP contribution in [0.1, 0.15) is 11.3 Å². The van der Waals surface area contributed by atoms with Crippen molar-refractivity contribution in [2.24, 2.45) is 10.7 Å². The molecule has 0 spiro atoms. The third kappa shape index (κ3) is 3.13. The van der Waals surface area contributed by atoms with Gasteiger partial charge in [0.1, 0.15) is 23.6 Å². The van der Waals surface area contributed by atoms with Crippen LogP contribution in [0.15, 0.2) is 57.9 Å². The van der Waals surface area contributed by atoms with Crippen molar-refractivity contribution in [3.63, 3.8) is 0 Å². The van der Waals surface area contributed by atoms with Gasteiger partial charge in [-0.25, -0.2) is 4.99 Å². The maximum absolute atomic E-state index is 5.96. The highest BCUT2D eigenvalue weighted by Crippen LogP contribution is 2.26. The van der Waals surface area contributed by atoms with E-state index in [1.807, 2.05) is 55.5 Å². The topological polar surface area (TPSA) is 72.8 Å². The fraction of sp³-hybridized carbons (Fsp3) is 0.167. The molecule has 0 saturated heterocycles. The number of fused-ring (bicyclic) bond motifs is 1. The Hall–Kier alpha value is -2.95. The highest BCUT2D eigenvalue weighted by molar-refractivity contribution is 5.93. The largest absolute Gasteiger partial charge is 0.495 e. The number of para-hydroxylation sites is 3. The van der Waals surface area contributed by atoms with Gasteiger partial charge in [0.2, 0.25) is 0 Å². The van der Waals surface area contributed by atoms with E-state index >= 15 is 0 Å². The molecule has 1 heterocycles. The first-order valence-electron chi connectivity index (χ1n) is 7.36. The number of hydrogen-bond donors (Lipinski definition) is 2. The zero-order chi connectivity index (χ0) is 16.2. The molecule has 0 fully saturated rings. The molecule has 0 aliphatic carbocycles. The summed E-state index contributed by atoms with van der Waals surface area (Å²) in [5.74, 6) is 1.84. The Morgan fingerprint density at radius 2 is 1.91 bits per heavy atom. The van der Waals surface area contributed by atoms with Crippen LogP contribution >= 0.6 is 0 Å². The number of furan rings is 1. The highest BCUT2D eigenvalue weighted by Gasteiger charge is 2.09. The Kier molecular flexibility index (Phi) is 4.19. The summed E-state index contributed by atoms with van der Waals surface area (Å²) < 4.78 is 11.1. The molecule has 0 aliphatic rings. The van der Waals surface area contributed by atoms with Crippen LogP contribution in [-0.4, -0.2) is 13.1 Å². The maximum atomic E-state index is 5.96. The molecule has 5 nitrogen and oxygen atoms in total. The SMILES string of the molecule is COc1ccccc1NC(N)=NCc1oc2ccccc2c1C. The summed E-state index contributed by atoms with van der Waals surface area (Å²) in [6.45, 7) is 2.41. The van der Waals surface area contributed by atoms with Crippen LogP contribution in [-0.2, 0) is 6.54 Å². The smallest absolute Gasteiger partial charge is 0.193 e. The Bertz CT molecular complexity index is 852. The quantitative estimate of drug-likeness (QED) is 0.569. The molecule has 3 rings (SSSR count). The number of nitrogens with one attached hydrogen (secondary N) is 1. The molecule has 3 aromatic rings. The number of aryl methyl sites for hydroxylation is 1. The van der Waals surface area contributed by atoms with Gasteiger partial charge in [-0.2, -0.15) is 0 Å². The minimum absolute atomic E-state index is 0.314. The predicted molar refractivity (Wildman–Crippen MR) is 92.9 cm³/mol. The zero-order valence-electron chi connectivity index (χ0n) is 13.2. The molecule has 3 N–H and O–H groups in total. The first-order chi connectivity index (χ1) is 11.2. The van der Waals surface area contributed by atoms with Gasteiger partial charge < -0.3 is 20.2 Å². The Morgan fingerprint density at radius 1 is 1.17 bits per heavy atom. The average molecular weight is 309 g/mol. The number of benzene rings is 2. The van der Waals surface area contributed by atoms with Gasteiger partial charge in [-0.15, -0.1) is 0 Å². The summed E-state index contributed by atoms with van der Waals surface area (Å²) in [6.07, 6.45) is 0. The molecule has 0 aliphatic heterocycles. The lowest BCUT2D eigenvalue weighted by atomic mass is 10.1. The Labute approximate surface area is 134 Å². The van der Waals surface area contributed by atoms with E-state index in [4.69, 9.17) is 14.9 Å². The van der Waals surface area contributed by atoms with Crippen LogP contribution in [0.4, 0.5) is 5.69 Å². The van der Waals surface area contributed by atoms with Gasteiger partial charge in [0.05, 0.1) is 12.8 Å². The average Bonchev–Trinajstić information content (AvgIpc) is 2.90. The van der Waals surface area contributed by atoms with Crippen molar-refractivity contribution < 1.29 is 9.15 Å². The molecule has 0 unspecified atom stereocenters. The van der Waals surface area contributed by atoms with E-state index in [0.717, 1.165) is 28.0 Å². The molecule has 0 atom stereocenters. The molecular weight excluding hydrogens is 290 g/mol. The Balaban J connectivity index is 1.77. The van der Waals surface area contributed by atoms with Gasteiger partial charge in [0.25, 0.3) is 0 Å². The number of aliphatic imine (C=N–C) groups is 1. The van der Waals surface area contributed by atoms with Crippen LogP contribution in [0, 0.1) is 6.92 Å². The van der Waals surface area contributed by atoms with Gasteiger partial charge in [-0.3, -0.25) is 0 Å². The molecule has 0 saturated carbocycles. The standard InChI is InChI=1S/C18H19N3O2/c1-12-13-7-3-5-9-15(13)23-17(12)11-20-18(19)21-14-8-4-6-10-16(14)22-2/h3-10H,11H2,1-2H3,(H3,19,20,21). The van der Waals surface area contributed by atoms with Crippen molar-refractivity contribution in [2.75, 3.05) is 12.4 Å². The van der Waals surface area contributed by atoms with Crippen LogP contribution in [0.5, 0.6) is 5.75 Å². The van der Waals surface area contributed by atoms with Gasteiger partial charge in [-0.1, -0.05) is 30.3 Å². The molecule has 5 heteroatoms. The lowest BCUT2D eigenvalue weighted by Crippen LogP contribution is -2.22. The van der Waals surface area contributed by atoms with Crippen LogP contribution in [0.2, 0.25) is 0 Å². The summed E-state index contributed by atoms with van der Waals surface area (Å²) >= 11 is 0. The van der Waals surface area contributed by atoms with Gasteiger partial charge in [0, 0.05) is 10.9 Å². The number of rotatable bonds is 4. The number of anilines is 1. The maximum Gasteiger partial charge on any atom is 0.193 e. The molecule has 2 aromatic carbocycles. The molecule has 118 valence electrons. The fourth-order valence-electron chi connectivity index (χ4n) is 2.46. The zero-order valence-corrected chi connectivity index (χ0v) is 13.2. The highest BCUT2D eigenvalue weighted by atomic mass is 16.5. The van der Waals surface area contributed by atoms with E-state index in [1.165, 1.54) is 0 Å².